The van der Waals surface area contributed by atoms with Gasteiger partial charge in [-0.1, -0.05) is 23.2 Å². The number of anilines is 2. The third kappa shape index (κ3) is 4.61. The zero-order chi connectivity index (χ0) is 23.1. The second-order valence-corrected chi connectivity index (χ2v) is 10.6. The van der Waals surface area contributed by atoms with E-state index >= 15 is 0 Å². The Kier molecular flexibility index (Phi) is 6.58. The van der Waals surface area contributed by atoms with Crippen LogP contribution < -0.4 is 14.8 Å². The lowest BCUT2D eigenvalue weighted by Gasteiger charge is -2.18. The summed E-state index contributed by atoms with van der Waals surface area (Å²) in [4.78, 5) is 11.3. The van der Waals surface area contributed by atoms with Crippen molar-refractivity contribution in [2.45, 2.75) is 12.8 Å². The molecular weight excluding hydrogens is 527 g/mol. The monoisotopic (exact) mass is 550 g/mol. The van der Waals surface area contributed by atoms with E-state index in [1.165, 1.54) is 32.3 Å². The highest BCUT2D eigenvalue weighted by atomic mass is 79.9. The average Bonchev–Trinajstić information content (AvgIpc) is 3.34. The Morgan fingerprint density at radius 1 is 1.09 bits per heavy atom. The lowest BCUT2D eigenvalue weighted by molar-refractivity contribution is 0.227. The normalized spacial score (nSPS) is 22.5. The maximum atomic E-state index is 6.41. The van der Waals surface area contributed by atoms with Crippen LogP contribution >= 0.6 is 39.1 Å². The SMILES string of the molecule is COc1cc2c(Nc3ccc(Br)c(Cl)c3Cl)ncnc2cc1OC[C@H]1CC2CN(C)C[C@H]2C1. The molecule has 2 fully saturated rings. The van der Waals surface area contributed by atoms with Crippen molar-refractivity contribution in [3.63, 3.8) is 0 Å². The molecule has 0 amide bonds. The van der Waals surface area contributed by atoms with Crippen LogP contribution in [0.4, 0.5) is 11.5 Å². The minimum atomic E-state index is 0.414. The molecule has 0 bridgehead atoms. The van der Waals surface area contributed by atoms with Crippen LogP contribution in [0.3, 0.4) is 0 Å². The smallest absolute Gasteiger partial charge is 0.163 e. The zero-order valence-electron chi connectivity index (χ0n) is 18.4. The lowest BCUT2D eigenvalue weighted by Crippen LogP contribution is -2.18. The highest BCUT2D eigenvalue weighted by molar-refractivity contribution is 9.10. The predicted octanol–water partition coefficient (Wildman–Crippen LogP) is 6.42. The maximum absolute atomic E-state index is 6.41. The predicted molar refractivity (Wildman–Crippen MR) is 136 cm³/mol. The van der Waals surface area contributed by atoms with Crippen LogP contribution in [0.1, 0.15) is 12.8 Å². The fourth-order valence-corrected chi connectivity index (χ4v) is 6.01. The molecule has 2 heterocycles. The molecule has 1 unspecified atom stereocenters. The van der Waals surface area contributed by atoms with Crippen LogP contribution in [0.25, 0.3) is 10.9 Å². The topological polar surface area (TPSA) is 59.5 Å². The number of hydrogen-bond acceptors (Lipinski definition) is 6. The molecule has 2 aromatic carbocycles. The van der Waals surface area contributed by atoms with Crippen molar-refractivity contribution in [3.05, 3.63) is 45.1 Å². The van der Waals surface area contributed by atoms with Crippen LogP contribution in [-0.2, 0) is 0 Å². The Labute approximate surface area is 211 Å². The van der Waals surface area contributed by atoms with Crippen LogP contribution in [0.15, 0.2) is 35.1 Å². The molecule has 1 saturated carbocycles. The molecular formula is C24H25BrCl2N4O2. The molecule has 3 aromatic rings. The van der Waals surface area contributed by atoms with E-state index in [2.05, 4.69) is 43.2 Å². The average molecular weight is 552 g/mol. The number of hydrogen-bond donors (Lipinski definition) is 1. The summed E-state index contributed by atoms with van der Waals surface area (Å²) in [6.45, 7) is 3.11. The Morgan fingerprint density at radius 3 is 2.58 bits per heavy atom. The lowest BCUT2D eigenvalue weighted by atomic mass is 10.0. The van der Waals surface area contributed by atoms with Crippen molar-refractivity contribution in [2.24, 2.45) is 17.8 Å². The van der Waals surface area contributed by atoms with E-state index in [0.717, 1.165) is 27.2 Å². The van der Waals surface area contributed by atoms with Crippen molar-refractivity contribution in [1.29, 1.82) is 0 Å². The summed E-state index contributed by atoms with van der Waals surface area (Å²) >= 11 is 16.1. The molecule has 0 spiro atoms. The second kappa shape index (κ2) is 9.45. The van der Waals surface area contributed by atoms with Gasteiger partial charge in [-0.15, -0.1) is 0 Å². The van der Waals surface area contributed by atoms with Gasteiger partial charge in [0, 0.05) is 29.0 Å². The fourth-order valence-electron chi connectivity index (χ4n) is 5.19. The number of fused-ring (bicyclic) bond motifs is 2. The van der Waals surface area contributed by atoms with Gasteiger partial charge >= 0.3 is 0 Å². The summed E-state index contributed by atoms with van der Waals surface area (Å²) in [5, 5.41) is 4.92. The molecule has 174 valence electrons. The maximum Gasteiger partial charge on any atom is 0.163 e. The van der Waals surface area contributed by atoms with Crippen molar-refractivity contribution in [2.75, 3.05) is 39.2 Å². The Bertz CT molecular complexity index is 1180. The zero-order valence-corrected chi connectivity index (χ0v) is 21.5. The van der Waals surface area contributed by atoms with E-state index in [-0.39, 0.29) is 0 Å². The summed E-state index contributed by atoms with van der Waals surface area (Å²) in [5.41, 5.74) is 1.41. The quantitative estimate of drug-likeness (QED) is 0.357. The van der Waals surface area contributed by atoms with Crippen LogP contribution in [0, 0.1) is 17.8 Å². The van der Waals surface area contributed by atoms with E-state index in [1.54, 1.807) is 7.11 Å². The van der Waals surface area contributed by atoms with Gasteiger partial charge in [0.15, 0.2) is 11.5 Å². The standard InChI is InChI=1S/C24H25BrCl2N4O2/c1-31-9-14-5-13(6-15(14)10-31)11-33-21-8-19-16(7-20(21)32-2)24(29-12-28-19)30-18-4-3-17(25)22(26)23(18)27/h3-4,7-8,12-15H,5-6,9-11H2,1-2H3,(H,28,29,30)/t13-,14-,15?/m1/s1. The second-order valence-electron chi connectivity index (χ2n) is 8.98. The minimum absolute atomic E-state index is 0.414. The van der Waals surface area contributed by atoms with Gasteiger partial charge in [-0.25, -0.2) is 9.97 Å². The van der Waals surface area contributed by atoms with Gasteiger partial charge < -0.3 is 19.7 Å². The third-order valence-electron chi connectivity index (χ3n) is 6.71. The van der Waals surface area contributed by atoms with Gasteiger partial charge in [-0.05, 0) is 71.8 Å². The van der Waals surface area contributed by atoms with Crippen LogP contribution in [0.2, 0.25) is 10.0 Å². The van der Waals surface area contributed by atoms with Gasteiger partial charge in [0.1, 0.15) is 12.1 Å². The highest BCUT2D eigenvalue weighted by Gasteiger charge is 2.39. The molecule has 2 aliphatic rings. The number of halogens is 3. The van der Waals surface area contributed by atoms with E-state index < -0.39 is 0 Å². The van der Waals surface area contributed by atoms with E-state index in [1.807, 2.05) is 24.3 Å². The van der Waals surface area contributed by atoms with Crippen LogP contribution in [0.5, 0.6) is 11.5 Å². The number of methoxy groups -OCH3 is 1. The van der Waals surface area contributed by atoms with Gasteiger partial charge in [0.05, 0.1) is 35.0 Å². The first-order chi connectivity index (χ1) is 15.9. The van der Waals surface area contributed by atoms with Crippen molar-refractivity contribution >= 4 is 61.5 Å². The summed E-state index contributed by atoms with van der Waals surface area (Å²) in [5.74, 6) is 4.16. The summed E-state index contributed by atoms with van der Waals surface area (Å²) in [6, 6.07) is 7.50. The number of ether oxygens (including phenoxy) is 2. The number of rotatable bonds is 6. The largest absolute Gasteiger partial charge is 0.493 e. The number of likely N-dealkylation sites (tertiary alicyclic amines) is 1. The molecule has 9 heteroatoms. The first kappa shape index (κ1) is 23.0. The molecule has 5 rings (SSSR count). The summed E-state index contributed by atoms with van der Waals surface area (Å²) < 4.78 is 12.6. The Hall–Kier alpha value is -1.80. The molecule has 6 nitrogen and oxygen atoms in total. The molecule has 1 aliphatic heterocycles. The van der Waals surface area contributed by atoms with Crippen molar-refractivity contribution < 1.29 is 9.47 Å². The fraction of sp³-hybridized carbons (Fsp3) is 0.417. The van der Waals surface area contributed by atoms with E-state index in [4.69, 9.17) is 32.7 Å². The molecule has 1 N–H and O–H groups in total. The van der Waals surface area contributed by atoms with E-state index in [0.29, 0.717) is 45.6 Å². The van der Waals surface area contributed by atoms with Crippen molar-refractivity contribution in [1.82, 2.24) is 14.9 Å². The molecule has 1 aromatic heterocycles. The third-order valence-corrected chi connectivity index (χ3v) is 8.49. The van der Waals surface area contributed by atoms with Crippen LogP contribution in [-0.4, -0.2) is 48.7 Å². The molecule has 1 saturated heterocycles. The number of nitrogens with one attached hydrogen (secondary N) is 1. The van der Waals surface area contributed by atoms with E-state index in [9.17, 15) is 0 Å². The molecule has 33 heavy (non-hydrogen) atoms. The van der Waals surface area contributed by atoms with Gasteiger partial charge in [0.2, 0.25) is 0 Å². The molecule has 3 atom stereocenters. The van der Waals surface area contributed by atoms with Gasteiger partial charge in [-0.3, -0.25) is 0 Å². The van der Waals surface area contributed by atoms with Crippen molar-refractivity contribution in [3.8, 4) is 11.5 Å². The number of nitrogens with zero attached hydrogens (tertiary/aromatic N) is 3. The Balaban J connectivity index is 1.37. The summed E-state index contributed by atoms with van der Waals surface area (Å²) in [6.07, 6.45) is 3.99. The Morgan fingerprint density at radius 2 is 1.85 bits per heavy atom. The van der Waals surface area contributed by atoms with Gasteiger partial charge in [-0.2, -0.15) is 0 Å². The number of benzene rings is 2. The minimum Gasteiger partial charge on any atom is -0.493 e. The first-order valence-electron chi connectivity index (χ1n) is 11.0. The molecule has 1 aliphatic carbocycles. The number of aromatic nitrogens is 2. The van der Waals surface area contributed by atoms with Gasteiger partial charge in [0.25, 0.3) is 0 Å². The first-order valence-corrected chi connectivity index (χ1v) is 12.5. The highest BCUT2D eigenvalue weighted by Crippen LogP contribution is 2.42. The summed E-state index contributed by atoms with van der Waals surface area (Å²) in [7, 11) is 3.86. The molecule has 0 radical (unpaired) electrons.